The molecule has 6 heteroatoms. The Labute approximate surface area is 137 Å². The van der Waals surface area contributed by atoms with Gasteiger partial charge in [-0.25, -0.2) is 14.8 Å². The molecule has 2 aliphatic rings. The fraction of sp³-hybridized carbons (Fsp3) is 0.706. The Morgan fingerprint density at radius 2 is 2.00 bits per heavy atom. The zero-order valence-electron chi connectivity index (χ0n) is 14.7. The number of hydrogen-bond donors (Lipinski definition) is 0. The predicted molar refractivity (Wildman–Crippen MR) is 88.4 cm³/mol. The quantitative estimate of drug-likeness (QED) is 0.839. The third-order valence-corrected chi connectivity index (χ3v) is 4.36. The summed E-state index contributed by atoms with van der Waals surface area (Å²) in [6, 6.07) is -0.0543. The number of ether oxygens (including phenoxy) is 1. The lowest BCUT2D eigenvalue weighted by atomic mass is 10.1. The van der Waals surface area contributed by atoms with E-state index in [9.17, 15) is 4.79 Å². The minimum atomic E-state index is -0.494. The van der Waals surface area contributed by atoms with Gasteiger partial charge in [0.2, 0.25) is 0 Å². The Kier molecular flexibility index (Phi) is 3.94. The topological polar surface area (TPSA) is 58.6 Å². The van der Waals surface area contributed by atoms with Gasteiger partial charge >= 0.3 is 6.09 Å². The lowest BCUT2D eigenvalue weighted by molar-refractivity contribution is 0.0186. The third kappa shape index (κ3) is 2.99. The number of aromatic nitrogens is 2. The maximum atomic E-state index is 12.5. The van der Waals surface area contributed by atoms with Crippen LogP contribution in [0.15, 0.2) is 0 Å². The van der Waals surface area contributed by atoms with E-state index in [-0.39, 0.29) is 12.1 Å². The van der Waals surface area contributed by atoms with Gasteiger partial charge in [-0.1, -0.05) is 6.92 Å². The van der Waals surface area contributed by atoms with Crippen molar-refractivity contribution in [3.63, 3.8) is 0 Å². The highest BCUT2D eigenvalue weighted by atomic mass is 16.6. The summed E-state index contributed by atoms with van der Waals surface area (Å²) in [5.41, 5.74) is 1.57. The normalized spacial score (nSPS) is 20.3. The maximum Gasteiger partial charge on any atom is 0.411 e. The number of rotatable bonds is 2. The van der Waals surface area contributed by atoms with Crippen LogP contribution in [0.3, 0.4) is 0 Å². The Bertz CT molecular complexity index is 620. The van der Waals surface area contributed by atoms with Gasteiger partial charge in [-0.15, -0.1) is 0 Å². The van der Waals surface area contributed by atoms with Gasteiger partial charge in [0, 0.05) is 25.1 Å². The average Bonchev–Trinajstić information content (AvgIpc) is 2.72. The van der Waals surface area contributed by atoms with Crippen LogP contribution < -0.4 is 4.90 Å². The van der Waals surface area contributed by atoms with Crippen LogP contribution in [0.1, 0.15) is 64.2 Å². The van der Waals surface area contributed by atoms with Crippen molar-refractivity contribution in [1.29, 1.82) is 0 Å². The van der Waals surface area contributed by atoms with E-state index in [0.717, 1.165) is 42.4 Å². The summed E-state index contributed by atoms with van der Waals surface area (Å²) in [6.45, 7) is 12.3. The number of nitrogens with zero attached hydrogens (tertiary/aromatic N) is 4. The van der Waals surface area contributed by atoms with E-state index in [0.29, 0.717) is 6.54 Å². The second-order valence-electron chi connectivity index (χ2n) is 7.30. The van der Waals surface area contributed by atoms with Gasteiger partial charge in [-0.05, 0) is 34.1 Å². The van der Waals surface area contributed by atoms with Gasteiger partial charge in [0.25, 0.3) is 0 Å². The molecule has 0 aromatic carbocycles. The molecule has 1 unspecified atom stereocenters. The van der Waals surface area contributed by atoms with Crippen molar-refractivity contribution in [2.75, 3.05) is 18.0 Å². The Balaban J connectivity index is 1.92. The van der Waals surface area contributed by atoms with Gasteiger partial charge in [-0.2, -0.15) is 0 Å². The number of carbonyl (C=O) groups excluding carboxylic acids is 1. The van der Waals surface area contributed by atoms with Gasteiger partial charge in [0.15, 0.2) is 0 Å². The second kappa shape index (κ2) is 5.65. The molecule has 0 aliphatic carbocycles. The molecule has 1 aromatic heterocycles. The fourth-order valence-electron chi connectivity index (χ4n) is 3.03. The van der Waals surface area contributed by atoms with Crippen molar-refractivity contribution in [2.24, 2.45) is 0 Å². The Morgan fingerprint density at radius 3 is 2.52 bits per heavy atom. The molecule has 0 radical (unpaired) electrons. The lowest BCUT2D eigenvalue weighted by Gasteiger charge is -2.34. The SMILES string of the molecule is CCc1nc2c(c(N3CCC3)n1)C(C)N(C(=O)OC(C)(C)C)C2. The zero-order valence-corrected chi connectivity index (χ0v) is 14.7. The summed E-state index contributed by atoms with van der Waals surface area (Å²) in [4.78, 5) is 25.9. The number of hydrogen-bond acceptors (Lipinski definition) is 5. The molecule has 1 atom stereocenters. The first-order valence-corrected chi connectivity index (χ1v) is 8.44. The highest BCUT2D eigenvalue weighted by molar-refractivity contribution is 5.71. The predicted octanol–water partition coefficient (Wildman–Crippen LogP) is 3.06. The molecule has 1 saturated heterocycles. The first-order valence-electron chi connectivity index (χ1n) is 8.44. The molecular weight excluding hydrogens is 292 g/mol. The van der Waals surface area contributed by atoms with Crippen molar-refractivity contribution >= 4 is 11.9 Å². The molecule has 0 N–H and O–H groups in total. The van der Waals surface area contributed by atoms with Gasteiger partial charge in [-0.3, -0.25) is 4.90 Å². The van der Waals surface area contributed by atoms with Crippen LogP contribution in [0, 0.1) is 0 Å². The molecule has 0 spiro atoms. The molecule has 126 valence electrons. The van der Waals surface area contributed by atoms with Crippen LogP contribution in [-0.2, 0) is 17.7 Å². The standard InChI is InChI=1S/C17H26N4O2/c1-6-13-18-12-10-21(16(22)23-17(3,4)5)11(2)14(12)15(19-13)20-8-7-9-20/h11H,6-10H2,1-5H3. The minimum Gasteiger partial charge on any atom is -0.444 e. The van der Waals surface area contributed by atoms with Crippen molar-refractivity contribution < 1.29 is 9.53 Å². The van der Waals surface area contributed by atoms with Crippen molar-refractivity contribution in [3.05, 3.63) is 17.1 Å². The van der Waals surface area contributed by atoms with E-state index in [1.54, 1.807) is 4.90 Å². The van der Waals surface area contributed by atoms with E-state index in [1.165, 1.54) is 6.42 Å². The summed E-state index contributed by atoms with van der Waals surface area (Å²) < 4.78 is 5.55. The summed E-state index contributed by atoms with van der Waals surface area (Å²) in [5.74, 6) is 1.86. The summed E-state index contributed by atoms with van der Waals surface area (Å²) >= 11 is 0. The maximum absolute atomic E-state index is 12.5. The van der Waals surface area contributed by atoms with Crippen LogP contribution in [0.5, 0.6) is 0 Å². The summed E-state index contributed by atoms with van der Waals surface area (Å²) in [6.07, 6.45) is 1.72. The third-order valence-electron chi connectivity index (χ3n) is 4.36. The van der Waals surface area contributed by atoms with Crippen molar-refractivity contribution in [1.82, 2.24) is 14.9 Å². The van der Waals surface area contributed by atoms with E-state index < -0.39 is 5.60 Å². The number of aryl methyl sites for hydroxylation is 1. The highest BCUT2D eigenvalue weighted by Gasteiger charge is 2.38. The van der Waals surface area contributed by atoms with E-state index in [2.05, 4.69) is 16.8 Å². The molecule has 2 aliphatic heterocycles. The van der Waals surface area contributed by atoms with Crippen LogP contribution in [0.25, 0.3) is 0 Å². The summed E-state index contributed by atoms with van der Waals surface area (Å²) in [7, 11) is 0. The zero-order chi connectivity index (χ0) is 16.8. The van der Waals surface area contributed by atoms with Gasteiger partial charge < -0.3 is 9.64 Å². The molecule has 23 heavy (non-hydrogen) atoms. The van der Waals surface area contributed by atoms with Crippen LogP contribution in [-0.4, -0.2) is 39.7 Å². The van der Waals surface area contributed by atoms with Gasteiger partial charge in [0.05, 0.1) is 18.3 Å². The number of fused-ring (bicyclic) bond motifs is 1. The van der Waals surface area contributed by atoms with Crippen LogP contribution in [0.4, 0.5) is 10.6 Å². The number of carbonyl (C=O) groups is 1. The molecule has 1 fully saturated rings. The lowest BCUT2D eigenvalue weighted by Crippen LogP contribution is -2.39. The Morgan fingerprint density at radius 1 is 1.30 bits per heavy atom. The van der Waals surface area contributed by atoms with Crippen molar-refractivity contribution in [2.45, 2.75) is 65.6 Å². The Hall–Kier alpha value is -1.85. The van der Waals surface area contributed by atoms with Crippen LogP contribution in [0.2, 0.25) is 0 Å². The molecule has 3 rings (SSSR count). The van der Waals surface area contributed by atoms with E-state index in [4.69, 9.17) is 9.72 Å². The molecule has 0 saturated carbocycles. The molecule has 1 aromatic rings. The minimum absolute atomic E-state index is 0.0543. The first-order chi connectivity index (χ1) is 10.8. The number of anilines is 1. The fourth-order valence-corrected chi connectivity index (χ4v) is 3.03. The van der Waals surface area contributed by atoms with E-state index >= 15 is 0 Å². The monoisotopic (exact) mass is 318 g/mol. The molecule has 0 bridgehead atoms. The summed E-state index contributed by atoms with van der Waals surface area (Å²) in [5, 5.41) is 0. The molecule has 6 nitrogen and oxygen atoms in total. The smallest absolute Gasteiger partial charge is 0.411 e. The number of amides is 1. The first kappa shape index (κ1) is 16.0. The molecular formula is C17H26N4O2. The molecule has 1 amide bonds. The molecule has 3 heterocycles. The van der Waals surface area contributed by atoms with Gasteiger partial charge in [0.1, 0.15) is 17.2 Å². The van der Waals surface area contributed by atoms with Crippen LogP contribution >= 0.6 is 0 Å². The van der Waals surface area contributed by atoms with E-state index in [1.807, 2.05) is 27.7 Å². The van der Waals surface area contributed by atoms with Crippen molar-refractivity contribution in [3.8, 4) is 0 Å². The largest absolute Gasteiger partial charge is 0.444 e. The average molecular weight is 318 g/mol. The second-order valence-corrected chi connectivity index (χ2v) is 7.30. The highest BCUT2D eigenvalue weighted by Crippen LogP contribution is 2.39.